The Balaban J connectivity index is 0.000000983. The van der Waals surface area contributed by atoms with E-state index in [1.165, 1.54) is 11.1 Å². The van der Waals surface area contributed by atoms with Crippen LogP contribution in [0.3, 0.4) is 0 Å². The molecule has 0 amide bonds. The van der Waals surface area contributed by atoms with Crippen molar-refractivity contribution in [2.75, 3.05) is 0 Å². The largest absolute Gasteiger partial charge is 1.00 e. The van der Waals surface area contributed by atoms with Crippen molar-refractivity contribution in [3.63, 3.8) is 0 Å². The van der Waals surface area contributed by atoms with Gasteiger partial charge in [0.15, 0.2) is 0 Å². The van der Waals surface area contributed by atoms with Crippen molar-refractivity contribution < 1.29 is 56.6 Å². The SMILES string of the molecule is CCc1cc2c(c(C(C)(C)C)c1)OP(=O)(O)Oc1c(cc(CC)cc1C(C)(C)C)C2.O=P([O-])(O)O.[Li+]. The third-order valence-electron chi connectivity index (χ3n) is 5.68. The van der Waals surface area contributed by atoms with Crippen LogP contribution in [0.4, 0.5) is 0 Å². The third kappa shape index (κ3) is 9.05. The van der Waals surface area contributed by atoms with Crippen molar-refractivity contribution in [3.8, 4) is 11.5 Å². The van der Waals surface area contributed by atoms with E-state index in [1.54, 1.807) is 0 Å². The van der Waals surface area contributed by atoms with Crippen LogP contribution in [-0.2, 0) is 39.2 Å². The molecule has 1 aliphatic rings. The van der Waals surface area contributed by atoms with Gasteiger partial charge in [-0.3, -0.25) is 9.46 Å². The van der Waals surface area contributed by atoms with E-state index in [0.717, 1.165) is 35.1 Å². The molecule has 0 radical (unpaired) electrons. The Morgan fingerprint density at radius 3 is 1.42 bits per heavy atom. The summed E-state index contributed by atoms with van der Waals surface area (Å²) in [5.74, 6) is 0.964. The Kier molecular flexibility index (Phi) is 10.8. The molecule has 1 aliphatic heterocycles. The first-order valence-corrected chi connectivity index (χ1v) is 14.6. The maximum atomic E-state index is 13.1. The smallest absolute Gasteiger partial charge is 0.756 e. The van der Waals surface area contributed by atoms with Gasteiger partial charge in [-0.15, -0.1) is 0 Å². The second-order valence-electron chi connectivity index (χ2n) is 10.8. The van der Waals surface area contributed by atoms with Crippen LogP contribution in [0, 0.1) is 0 Å². The number of benzene rings is 2. The van der Waals surface area contributed by atoms with Crippen LogP contribution in [0.25, 0.3) is 0 Å². The normalized spacial score (nSPS) is 14.9. The Labute approximate surface area is 226 Å². The molecule has 11 heteroatoms. The number of hydrogen-bond acceptors (Lipinski definition) is 5. The van der Waals surface area contributed by atoms with E-state index in [9.17, 15) is 9.46 Å². The van der Waals surface area contributed by atoms with Gasteiger partial charge in [0.2, 0.25) is 0 Å². The Bertz CT molecular complexity index is 1090. The molecule has 0 fully saturated rings. The Morgan fingerprint density at radius 1 is 0.861 bits per heavy atom. The molecule has 3 N–H and O–H groups in total. The summed E-state index contributed by atoms with van der Waals surface area (Å²) in [5, 5.41) is 0. The summed E-state index contributed by atoms with van der Waals surface area (Å²) in [5.41, 5.74) is 5.65. The van der Waals surface area contributed by atoms with E-state index in [4.69, 9.17) is 28.3 Å². The Hall–Kier alpha value is -1.06. The van der Waals surface area contributed by atoms with Gasteiger partial charge in [0.05, 0.1) is 0 Å². The molecule has 0 saturated carbocycles. The third-order valence-corrected chi connectivity index (χ3v) is 6.50. The fourth-order valence-corrected chi connectivity index (χ4v) is 4.89. The van der Waals surface area contributed by atoms with Gasteiger partial charge in [0.1, 0.15) is 11.5 Å². The molecular weight excluding hydrogens is 497 g/mol. The van der Waals surface area contributed by atoms with Crippen LogP contribution in [-0.4, -0.2) is 14.7 Å². The van der Waals surface area contributed by atoms with Crippen molar-refractivity contribution in [2.45, 2.75) is 85.5 Å². The van der Waals surface area contributed by atoms with Crippen molar-refractivity contribution in [3.05, 3.63) is 57.6 Å². The quantitative estimate of drug-likeness (QED) is 0.395. The fraction of sp³-hybridized carbons (Fsp3) is 0.520. The van der Waals surface area contributed by atoms with Gasteiger partial charge in [0, 0.05) is 17.5 Å². The number of phosphoric acid groups is 2. The van der Waals surface area contributed by atoms with E-state index in [2.05, 4.69) is 79.7 Å². The van der Waals surface area contributed by atoms with Gasteiger partial charge in [-0.2, -0.15) is 0 Å². The van der Waals surface area contributed by atoms with Crippen molar-refractivity contribution in [2.24, 2.45) is 0 Å². The fourth-order valence-electron chi connectivity index (χ4n) is 3.97. The molecule has 0 spiro atoms. The van der Waals surface area contributed by atoms with E-state index >= 15 is 0 Å². The first kappa shape index (κ1) is 33.0. The van der Waals surface area contributed by atoms with Gasteiger partial charge < -0.3 is 23.7 Å². The number of fused-ring (bicyclic) bond motifs is 2. The van der Waals surface area contributed by atoms with Crippen molar-refractivity contribution in [1.29, 1.82) is 0 Å². The predicted molar refractivity (Wildman–Crippen MR) is 135 cm³/mol. The number of rotatable bonds is 2. The minimum atomic E-state index is -4.89. The van der Waals surface area contributed by atoms with Crippen LogP contribution in [0.1, 0.15) is 88.8 Å². The summed E-state index contributed by atoms with van der Waals surface area (Å²) in [4.78, 5) is 33.6. The van der Waals surface area contributed by atoms with Crippen LogP contribution in [0.5, 0.6) is 11.5 Å². The molecule has 0 unspecified atom stereocenters. The van der Waals surface area contributed by atoms with Crippen molar-refractivity contribution >= 4 is 15.6 Å². The first-order chi connectivity index (χ1) is 15.7. The molecule has 2 aromatic carbocycles. The topological polar surface area (TPSA) is 136 Å². The monoisotopic (exact) mass is 534 g/mol. The zero-order valence-corrected chi connectivity index (χ0v) is 24.5. The molecule has 1 heterocycles. The molecular formula is C25H37LiO8P2. The van der Waals surface area contributed by atoms with E-state index in [0.29, 0.717) is 17.9 Å². The average molecular weight is 534 g/mol. The van der Waals surface area contributed by atoms with Gasteiger partial charge in [-0.25, -0.2) is 4.57 Å². The summed E-state index contributed by atoms with van der Waals surface area (Å²) in [7, 11) is -9.25. The van der Waals surface area contributed by atoms with Crippen LogP contribution >= 0.6 is 15.6 Å². The minimum absolute atomic E-state index is 0. The summed E-state index contributed by atoms with van der Waals surface area (Å²) in [6.45, 7) is 16.8. The van der Waals surface area contributed by atoms with Crippen LogP contribution in [0.15, 0.2) is 24.3 Å². The molecule has 0 aliphatic carbocycles. The zero-order valence-electron chi connectivity index (χ0n) is 22.7. The molecule has 36 heavy (non-hydrogen) atoms. The van der Waals surface area contributed by atoms with Gasteiger partial charge in [-0.1, -0.05) is 79.7 Å². The predicted octanol–water partition coefficient (Wildman–Crippen LogP) is 2.31. The zero-order chi connectivity index (χ0) is 27.0. The van der Waals surface area contributed by atoms with E-state index < -0.39 is 15.6 Å². The molecule has 2 aromatic rings. The number of phosphoric ester groups is 1. The minimum Gasteiger partial charge on any atom is -0.756 e. The standard InChI is InChI=1S/C25H35O4P.Li.H3O4P/c1-9-16-11-18-15-19-12-17(10-2)14-21(25(6,7)8)23(19)29-30(26,27)28-22(18)20(13-16)24(3,4)5;;1-5(2,3)4/h11-14H,9-10,15H2,1-8H3,(H,26,27);;(H3,1,2,3,4)/q;+1;/p-1. The molecule has 0 atom stereocenters. The summed E-state index contributed by atoms with van der Waals surface area (Å²) < 4.78 is 33.4. The van der Waals surface area contributed by atoms with Crippen LogP contribution in [0.2, 0.25) is 0 Å². The molecule has 3 rings (SSSR count). The average Bonchev–Trinajstić information content (AvgIpc) is 2.65. The molecule has 0 saturated heterocycles. The van der Waals surface area contributed by atoms with Gasteiger partial charge >= 0.3 is 26.7 Å². The molecule has 0 aromatic heterocycles. The van der Waals surface area contributed by atoms with E-state index in [1.807, 2.05) is 0 Å². The summed E-state index contributed by atoms with van der Waals surface area (Å²) in [6, 6.07) is 8.39. The Morgan fingerprint density at radius 2 is 1.17 bits per heavy atom. The second-order valence-corrected chi connectivity index (χ2v) is 13.1. The maximum Gasteiger partial charge on any atom is 1.00 e. The number of hydrogen-bond donors (Lipinski definition) is 3. The maximum absolute atomic E-state index is 13.1. The van der Waals surface area contributed by atoms with Crippen molar-refractivity contribution in [1.82, 2.24) is 0 Å². The summed E-state index contributed by atoms with van der Waals surface area (Å²) in [6.07, 6.45) is 2.37. The molecule has 8 nitrogen and oxygen atoms in total. The van der Waals surface area contributed by atoms with Gasteiger partial charge in [-0.05, 0) is 45.9 Å². The number of aryl methyl sites for hydroxylation is 2. The first-order valence-electron chi connectivity index (χ1n) is 11.6. The summed E-state index contributed by atoms with van der Waals surface area (Å²) >= 11 is 0. The van der Waals surface area contributed by atoms with Crippen LogP contribution < -0.4 is 32.8 Å². The van der Waals surface area contributed by atoms with Gasteiger partial charge in [0.25, 0.3) is 7.82 Å². The molecule has 196 valence electrons. The molecule has 0 bridgehead atoms. The van der Waals surface area contributed by atoms with E-state index in [-0.39, 0.29) is 29.7 Å². The second kappa shape index (κ2) is 11.8.